The molecule has 2 aromatic carbocycles. The van der Waals surface area contributed by atoms with Crippen LogP contribution in [0.5, 0.6) is 17.2 Å². The van der Waals surface area contributed by atoms with Crippen LogP contribution in [0.2, 0.25) is 0 Å². The van der Waals surface area contributed by atoms with Crippen molar-refractivity contribution in [3.8, 4) is 17.2 Å². The number of fused-ring (bicyclic) bond motifs is 4. The molecule has 1 spiro atoms. The fourth-order valence-electron chi connectivity index (χ4n) is 5.56. The Labute approximate surface area is 210 Å². The monoisotopic (exact) mass is 483 g/mol. The second-order valence-corrected chi connectivity index (χ2v) is 9.55. The molecule has 2 atom stereocenters. The Hall–Kier alpha value is -3.84. The summed E-state index contributed by atoms with van der Waals surface area (Å²) in [6, 6.07) is 18.2. The maximum atomic E-state index is 12.2. The molecular formula is C29H29N3O4. The molecule has 3 aliphatic rings. The highest BCUT2D eigenvalue weighted by molar-refractivity contribution is 5.85. The third-order valence-electron chi connectivity index (χ3n) is 7.44. The van der Waals surface area contributed by atoms with Crippen molar-refractivity contribution in [2.75, 3.05) is 13.7 Å². The van der Waals surface area contributed by atoms with Crippen molar-refractivity contribution in [2.24, 2.45) is 0 Å². The van der Waals surface area contributed by atoms with Gasteiger partial charge in [-0.25, -0.2) is 4.79 Å². The Bertz CT molecular complexity index is 1330. The number of methoxy groups -OCH3 is 1. The lowest BCUT2D eigenvalue weighted by atomic mass is 9.79. The van der Waals surface area contributed by atoms with Crippen molar-refractivity contribution in [3.05, 3.63) is 89.3 Å². The first-order valence-corrected chi connectivity index (χ1v) is 12.4. The highest BCUT2D eigenvalue weighted by atomic mass is 16.6. The number of nitrogens with zero attached hydrogens (tertiary/aromatic N) is 1. The minimum atomic E-state index is -0.417. The molecule has 1 fully saturated rings. The molecule has 0 bridgehead atoms. The van der Waals surface area contributed by atoms with Crippen molar-refractivity contribution >= 4 is 11.7 Å². The molecule has 0 aliphatic carbocycles. The van der Waals surface area contributed by atoms with Crippen LogP contribution in [0.1, 0.15) is 48.1 Å². The highest BCUT2D eigenvalue weighted by Crippen LogP contribution is 2.40. The van der Waals surface area contributed by atoms with Crippen LogP contribution in [-0.2, 0) is 12.1 Å². The van der Waals surface area contributed by atoms with Gasteiger partial charge in [-0.2, -0.15) is 0 Å². The molecule has 36 heavy (non-hydrogen) atoms. The Morgan fingerprint density at radius 3 is 2.92 bits per heavy atom. The average molecular weight is 484 g/mol. The SMILES string of the molecule is COc1ccc2c(c1)/C(=C/CCC1CCC3(CN1)NC(=O)Oc1ccccc13)c1cccnc1CO2. The van der Waals surface area contributed by atoms with Crippen LogP contribution in [-0.4, -0.2) is 30.8 Å². The fraction of sp³-hybridized carbons (Fsp3) is 0.310. The van der Waals surface area contributed by atoms with Gasteiger partial charge < -0.3 is 24.8 Å². The van der Waals surface area contributed by atoms with Gasteiger partial charge in [0.2, 0.25) is 0 Å². The van der Waals surface area contributed by atoms with Crippen molar-refractivity contribution in [3.63, 3.8) is 0 Å². The van der Waals surface area contributed by atoms with Crippen LogP contribution in [0.15, 0.2) is 66.9 Å². The number of piperidine rings is 1. The number of carbonyl (C=O) groups excluding carboxylic acids is 1. The molecule has 3 aliphatic heterocycles. The average Bonchev–Trinajstić information content (AvgIpc) is 3.06. The summed E-state index contributed by atoms with van der Waals surface area (Å²) in [6.45, 7) is 1.12. The topological polar surface area (TPSA) is 81.7 Å². The third-order valence-corrected chi connectivity index (χ3v) is 7.44. The largest absolute Gasteiger partial charge is 0.497 e. The number of rotatable bonds is 4. The lowest BCUT2D eigenvalue weighted by Crippen LogP contribution is -2.60. The third kappa shape index (κ3) is 4.09. The van der Waals surface area contributed by atoms with Gasteiger partial charge in [0.15, 0.2) is 0 Å². The van der Waals surface area contributed by atoms with Crippen LogP contribution in [0.4, 0.5) is 4.79 Å². The number of aromatic nitrogens is 1. The second-order valence-electron chi connectivity index (χ2n) is 9.55. The minimum absolute atomic E-state index is 0.361. The normalized spacial score (nSPS) is 23.4. The van der Waals surface area contributed by atoms with E-state index in [4.69, 9.17) is 14.2 Å². The molecule has 4 heterocycles. The molecule has 7 heteroatoms. The molecule has 1 saturated heterocycles. The number of benzene rings is 2. The molecule has 2 N–H and O–H groups in total. The van der Waals surface area contributed by atoms with Gasteiger partial charge in [-0.1, -0.05) is 30.3 Å². The van der Waals surface area contributed by atoms with Crippen molar-refractivity contribution in [2.45, 2.75) is 43.9 Å². The molecule has 1 amide bonds. The molecule has 0 saturated carbocycles. The summed E-state index contributed by atoms with van der Waals surface area (Å²) in [5.41, 5.74) is 4.82. The summed E-state index contributed by atoms with van der Waals surface area (Å²) in [6.07, 6.45) is 7.45. The number of pyridine rings is 1. The van der Waals surface area contributed by atoms with E-state index in [2.05, 4.69) is 27.8 Å². The van der Waals surface area contributed by atoms with Crippen molar-refractivity contribution < 1.29 is 19.0 Å². The van der Waals surface area contributed by atoms with Gasteiger partial charge in [0.05, 0.1) is 18.3 Å². The van der Waals surface area contributed by atoms with Crippen LogP contribution in [0.3, 0.4) is 0 Å². The number of hydrogen-bond acceptors (Lipinski definition) is 6. The molecule has 0 radical (unpaired) electrons. The lowest BCUT2D eigenvalue weighted by Gasteiger charge is -2.44. The summed E-state index contributed by atoms with van der Waals surface area (Å²) in [5.74, 6) is 2.29. The number of para-hydroxylation sites is 1. The van der Waals surface area contributed by atoms with E-state index in [1.807, 2.05) is 54.7 Å². The Morgan fingerprint density at radius 2 is 2.06 bits per heavy atom. The first kappa shape index (κ1) is 22.6. The van der Waals surface area contributed by atoms with Crippen LogP contribution >= 0.6 is 0 Å². The lowest BCUT2D eigenvalue weighted by molar-refractivity contribution is 0.146. The summed E-state index contributed by atoms with van der Waals surface area (Å²) >= 11 is 0. The predicted molar refractivity (Wildman–Crippen MR) is 136 cm³/mol. The van der Waals surface area contributed by atoms with Gasteiger partial charge in [-0.3, -0.25) is 4.98 Å². The molecule has 3 aromatic rings. The minimum Gasteiger partial charge on any atom is -0.497 e. The van der Waals surface area contributed by atoms with Crippen LogP contribution in [0, 0.1) is 0 Å². The van der Waals surface area contributed by atoms with E-state index in [1.54, 1.807) is 7.11 Å². The number of allylic oxidation sites excluding steroid dienone is 1. The van der Waals surface area contributed by atoms with E-state index in [0.717, 1.165) is 65.1 Å². The number of amides is 1. The Kier molecular flexibility index (Phi) is 5.85. The standard InChI is InChI=1S/C29H29N3O4/c1-34-20-11-12-26-23(16-20)21(22-8-5-15-30-25(22)17-35-26)7-4-6-19-13-14-29(18-31-19)24-9-2-3-10-27(24)36-28(33)32-29/h2-3,5,7-12,15-16,19,31H,4,6,13-14,17-18H2,1H3,(H,32,33)/b21-7+. The van der Waals surface area contributed by atoms with E-state index in [1.165, 1.54) is 0 Å². The smallest absolute Gasteiger partial charge is 0.413 e. The number of carbonyl (C=O) groups is 1. The van der Waals surface area contributed by atoms with Crippen LogP contribution < -0.4 is 24.8 Å². The zero-order valence-electron chi connectivity index (χ0n) is 20.3. The first-order chi connectivity index (χ1) is 17.6. The molecule has 1 aromatic heterocycles. The first-order valence-electron chi connectivity index (χ1n) is 12.4. The van der Waals surface area contributed by atoms with E-state index in [-0.39, 0.29) is 6.09 Å². The quantitative estimate of drug-likeness (QED) is 0.547. The molecule has 2 unspecified atom stereocenters. The second kappa shape index (κ2) is 9.32. The fourth-order valence-corrected chi connectivity index (χ4v) is 5.56. The number of ether oxygens (including phenoxy) is 3. The molecule has 184 valence electrons. The zero-order chi connectivity index (χ0) is 24.5. The molecule has 6 rings (SSSR count). The number of hydrogen-bond donors (Lipinski definition) is 2. The van der Waals surface area contributed by atoms with Crippen molar-refractivity contribution in [1.82, 2.24) is 15.6 Å². The summed E-state index contributed by atoms with van der Waals surface area (Å²) in [4.78, 5) is 16.8. The van der Waals surface area contributed by atoms with Gasteiger partial charge in [0.25, 0.3) is 0 Å². The maximum Gasteiger partial charge on any atom is 0.413 e. The van der Waals surface area contributed by atoms with Gasteiger partial charge >= 0.3 is 6.09 Å². The molecule has 7 nitrogen and oxygen atoms in total. The summed E-state index contributed by atoms with van der Waals surface area (Å²) < 4.78 is 17.0. The van der Waals surface area contributed by atoms with Gasteiger partial charge in [0, 0.05) is 35.5 Å². The van der Waals surface area contributed by atoms with Gasteiger partial charge in [-0.05, 0) is 61.6 Å². The molecular weight excluding hydrogens is 454 g/mol. The summed E-state index contributed by atoms with van der Waals surface area (Å²) in [7, 11) is 1.68. The van der Waals surface area contributed by atoms with E-state index >= 15 is 0 Å². The van der Waals surface area contributed by atoms with Crippen molar-refractivity contribution in [1.29, 1.82) is 0 Å². The highest BCUT2D eigenvalue weighted by Gasteiger charge is 2.43. The number of nitrogens with one attached hydrogen (secondary N) is 2. The van der Waals surface area contributed by atoms with Crippen LogP contribution in [0.25, 0.3) is 5.57 Å². The van der Waals surface area contributed by atoms with Gasteiger partial charge in [-0.15, -0.1) is 0 Å². The predicted octanol–water partition coefficient (Wildman–Crippen LogP) is 4.94. The maximum absolute atomic E-state index is 12.2. The Morgan fingerprint density at radius 1 is 1.14 bits per heavy atom. The van der Waals surface area contributed by atoms with E-state index < -0.39 is 5.54 Å². The van der Waals surface area contributed by atoms with E-state index in [9.17, 15) is 4.79 Å². The Balaban J connectivity index is 1.20. The van der Waals surface area contributed by atoms with E-state index in [0.29, 0.717) is 24.9 Å². The zero-order valence-corrected chi connectivity index (χ0v) is 20.3. The van der Waals surface area contributed by atoms with Gasteiger partial charge in [0.1, 0.15) is 23.9 Å². The summed E-state index contributed by atoms with van der Waals surface area (Å²) in [5, 5.41) is 6.78.